The molecule has 0 aromatic rings. The van der Waals surface area contributed by atoms with E-state index in [0.717, 1.165) is 38.5 Å². The number of unbranched alkanes of at least 4 members (excludes halogenated alkanes) is 24. The van der Waals surface area contributed by atoms with Gasteiger partial charge >= 0.3 is 0 Å². The Balaban J connectivity index is 3.74. The number of rotatable bonds is 37. The van der Waals surface area contributed by atoms with Crippen LogP contribution in [0.4, 0.5) is 0 Å². The summed E-state index contributed by atoms with van der Waals surface area (Å²) >= 11 is 0. The molecule has 0 aliphatic heterocycles. The molecular weight excluding hydrogens is 598 g/mol. The van der Waals surface area contributed by atoms with E-state index in [4.69, 9.17) is 0 Å². The van der Waals surface area contributed by atoms with Gasteiger partial charge in [-0.25, -0.2) is 0 Å². The highest BCUT2D eigenvalue weighted by atomic mass is 16.3. The summed E-state index contributed by atoms with van der Waals surface area (Å²) in [5, 5.41) is 43.3. The predicted molar refractivity (Wildman–Crippen MR) is 205 cm³/mol. The molecule has 0 bridgehead atoms. The maximum atomic E-state index is 12.4. The van der Waals surface area contributed by atoms with Gasteiger partial charge in [-0.1, -0.05) is 179 Å². The summed E-state index contributed by atoms with van der Waals surface area (Å²) in [6, 6.07) is -1.00. The molecule has 0 rings (SSSR count). The minimum atomic E-state index is -1.28. The van der Waals surface area contributed by atoms with E-state index in [1.165, 1.54) is 135 Å². The molecule has 0 saturated heterocycles. The van der Waals surface area contributed by atoms with Gasteiger partial charge < -0.3 is 25.7 Å². The second kappa shape index (κ2) is 37.1. The van der Waals surface area contributed by atoms with Crippen LogP contribution in [0.5, 0.6) is 0 Å². The maximum absolute atomic E-state index is 12.4. The van der Waals surface area contributed by atoms with Crippen LogP contribution in [0.2, 0.25) is 0 Å². The van der Waals surface area contributed by atoms with Crippen molar-refractivity contribution in [2.75, 3.05) is 6.61 Å². The van der Waals surface area contributed by atoms with E-state index in [9.17, 15) is 25.2 Å². The fourth-order valence-electron chi connectivity index (χ4n) is 6.30. The number of nitrogens with one attached hydrogen (secondary N) is 1. The van der Waals surface area contributed by atoms with Gasteiger partial charge in [0, 0.05) is 0 Å². The van der Waals surface area contributed by atoms with E-state index in [-0.39, 0.29) is 0 Å². The van der Waals surface area contributed by atoms with E-state index >= 15 is 0 Å². The number of carbonyl (C=O) groups excluding carboxylic acids is 1. The number of carbonyl (C=O) groups is 1. The van der Waals surface area contributed by atoms with Crippen molar-refractivity contribution < 1.29 is 25.2 Å². The van der Waals surface area contributed by atoms with Crippen LogP contribution in [-0.2, 0) is 4.79 Å². The molecule has 4 unspecified atom stereocenters. The Hall–Kier alpha value is -1.21. The summed E-state index contributed by atoms with van der Waals surface area (Å²) in [5.74, 6) is -0.602. The van der Waals surface area contributed by atoms with E-state index in [1.54, 1.807) is 0 Å². The van der Waals surface area contributed by atoms with Crippen molar-refractivity contribution in [3.8, 4) is 0 Å². The molecule has 6 nitrogen and oxygen atoms in total. The molecule has 0 saturated carbocycles. The number of aliphatic hydroxyl groups excluding tert-OH is 4. The summed E-state index contributed by atoms with van der Waals surface area (Å²) in [7, 11) is 0. The summed E-state index contributed by atoms with van der Waals surface area (Å²) in [5.41, 5.74) is 0. The molecule has 0 aromatic carbocycles. The van der Waals surface area contributed by atoms with Crippen molar-refractivity contribution in [1.29, 1.82) is 0 Å². The highest BCUT2D eigenvalue weighted by Crippen LogP contribution is 2.15. The lowest BCUT2D eigenvalue weighted by Gasteiger charge is -2.27. The second-order valence-electron chi connectivity index (χ2n) is 14.3. The lowest BCUT2D eigenvalue weighted by Crippen LogP contribution is -2.53. The van der Waals surface area contributed by atoms with Crippen LogP contribution in [0.1, 0.15) is 206 Å². The first-order valence-electron chi connectivity index (χ1n) is 20.7. The molecule has 0 aliphatic carbocycles. The molecule has 1 amide bonds. The third kappa shape index (κ3) is 30.8. The Kier molecular flexibility index (Phi) is 36.1. The number of hydrogen-bond acceptors (Lipinski definition) is 5. The van der Waals surface area contributed by atoms with Gasteiger partial charge in [0.2, 0.25) is 5.91 Å². The summed E-state index contributed by atoms with van der Waals surface area (Å²) in [4.78, 5) is 12.4. The fourth-order valence-corrected chi connectivity index (χ4v) is 6.30. The third-order valence-electron chi connectivity index (χ3n) is 9.64. The van der Waals surface area contributed by atoms with Crippen LogP contribution < -0.4 is 5.32 Å². The molecule has 0 spiro atoms. The van der Waals surface area contributed by atoms with Crippen molar-refractivity contribution in [3.05, 3.63) is 24.3 Å². The topological polar surface area (TPSA) is 110 Å². The number of hydrogen-bond donors (Lipinski definition) is 5. The fraction of sp³-hybridized carbons (Fsp3) is 0.881. The molecule has 0 aromatic heterocycles. The molecule has 0 aliphatic rings. The highest BCUT2D eigenvalue weighted by molar-refractivity contribution is 5.80. The van der Waals surface area contributed by atoms with Crippen LogP contribution in [-0.4, -0.2) is 57.3 Å². The Bertz CT molecular complexity index is 727. The molecule has 284 valence electrons. The van der Waals surface area contributed by atoms with Crippen LogP contribution in [0.15, 0.2) is 24.3 Å². The number of aliphatic hydroxyl groups is 4. The van der Waals surface area contributed by atoms with Crippen molar-refractivity contribution in [1.82, 2.24) is 5.32 Å². The smallest absolute Gasteiger partial charge is 0.249 e. The lowest BCUT2D eigenvalue weighted by atomic mass is 10.00. The SMILES string of the molecule is CCCCCCCCCCCCCCCCC/C=C/CC/C=C/CCCC(O)C(O)C(CO)NC(=O)C(O)CCCCCCCCCC. The van der Waals surface area contributed by atoms with Crippen LogP contribution in [0, 0.1) is 0 Å². The molecule has 0 fully saturated rings. The van der Waals surface area contributed by atoms with Crippen molar-refractivity contribution in [2.45, 2.75) is 231 Å². The summed E-state index contributed by atoms with van der Waals surface area (Å²) in [6.45, 7) is 3.99. The minimum Gasteiger partial charge on any atom is -0.394 e. The number of allylic oxidation sites excluding steroid dienone is 4. The molecule has 4 atom stereocenters. The molecule has 5 N–H and O–H groups in total. The van der Waals surface area contributed by atoms with Crippen LogP contribution in [0.3, 0.4) is 0 Å². The first kappa shape index (κ1) is 46.8. The van der Waals surface area contributed by atoms with Crippen LogP contribution >= 0.6 is 0 Å². The van der Waals surface area contributed by atoms with Crippen molar-refractivity contribution >= 4 is 5.91 Å². The molecule has 48 heavy (non-hydrogen) atoms. The van der Waals surface area contributed by atoms with Gasteiger partial charge in [0.25, 0.3) is 0 Å². The first-order chi connectivity index (χ1) is 23.5. The standard InChI is InChI=1S/C42H81NO5/c1-3-5-7-9-11-13-14-15-16-17-18-19-20-21-22-23-24-25-26-27-28-30-31-33-35-39(45)41(47)38(37-44)43-42(48)40(46)36-34-32-29-12-10-8-6-4-2/h24-25,28,30,38-41,44-47H,3-23,26-27,29,31-37H2,1-2H3,(H,43,48)/b25-24+,30-28+. The Morgan fingerprint density at radius 2 is 0.875 bits per heavy atom. The zero-order chi connectivity index (χ0) is 35.3. The van der Waals surface area contributed by atoms with Gasteiger partial charge in [-0.15, -0.1) is 0 Å². The first-order valence-corrected chi connectivity index (χ1v) is 20.7. The molecule has 0 heterocycles. The summed E-state index contributed by atoms with van der Waals surface area (Å²) in [6.07, 6.45) is 40.9. The Labute approximate surface area is 297 Å². The van der Waals surface area contributed by atoms with Gasteiger partial charge in [0.15, 0.2) is 0 Å². The van der Waals surface area contributed by atoms with Crippen LogP contribution in [0.25, 0.3) is 0 Å². The van der Waals surface area contributed by atoms with Gasteiger partial charge in [-0.05, 0) is 51.4 Å². The van der Waals surface area contributed by atoms with Crippen molar-refractivity contribution in [2.24, 2.45) is 0 Å². The van der Waals surface area contributed by atoms with Gasteiger partial charge in [0.1, 0.15) is 12.2 Å². The third-order valence-corrected chi connectivity index (χ3v) is 9.64. The predicted octanol–water partition coefficient (Wildman–Crippen LogP) is 10.4. The van der Waals surface area contributed by atoms with E-state index in [2.05, 4.69) is 43.5 Å². The second-order valence-corrected chi connectivity index (χ2v) is 14.3. The molecule has 0 radical (unpaired) electrons. The number of amides is 1. The zero-order valence-electron chi connectivity index (χ0n) is 31.7. The average molecular weight is 680 g/mol. The molecule has 6 heteroatoms. The monoisotopic (exact) mass is 680 g/mol. The van der Waals surface area contributed by atoms with Gasteiger partial charge in [-0.3, -0.25) is 4.79 Å². The van der Waals surface area contributed by atoms with E-state index in [0.29, 0.717) is 19.3 Å². The average Bonchev–Trinajstić information content (AvgIpc) is 3.09. The van der Waals surface area contributed by atoms with Crippen molar-refractivity contribution in [3.63, 3.8) is 0 Å². The largest absolute Gasteiger partial charge is 0.394 e. The normalized spacial score (nSPS) is 14.5. The van der Waals surface area contributed by atoms with E-state index < -0.39 is 36.9 Å². The minimum absolute atomic E-state index is 0.360. The summed E-state index contributed by atoms with van der Waals surface area (Å²) < 4.78 is 0. The quantitative estimate of drug-likeness (QED) is 0.0332. The van der Waals surface area contributed by atoms with Gasteiger partial charge in [0.05, 0.1) is 18.8 Å². The Morgan fingerprint density at radius 1 is 0.500 bits per heavy atom. The highest BCUT2D eigenvalue weighted by Gasteiger charge is 2.28. The maximum Gasteiger partial charge on any atom is 0.249 e. The Morgan fingerprint density at radius 3 is 1.31 bits per heavy atom. The van der Waals surface area contributed by atoms with E-state index in [1.807, 2.05) is 0 Å². The molecular formula is C42H81NO5. The van der Waals surface area contributed by atoms with Gasteiger partial charge in [-0.2, -0.15) is 0 Å². The lowest BCUT2D eigenvalue weighted by molar-refractivity contribution is -0.132. The zero-order valence-corrected chi connectivity index (χ0v) is 31.7.